The topological polar surface area (TPSA) is 46.2 Å². The van der Waals surface area contributed by atoms with Crippen LogP contribution in [-0.2, 0) is 9.59 Å². The van der Waals surface area contributed by atoms with Crippen molar-refractivity contribution in [3.8, 4) is 0 Å². The van der Waals surface area contributed by atoms with Crippen LogP contribution in [0.25, 0.3) is 0 Å². The third-order valence-electron chi connectivity index (χ3n) is 17.0. The molecule has 0 heterocycles. The lowest BCUT2D eigenvalue weighted by Gasteiger charge is -2.50. The van der Waals surface area contributed by atoms with Crippen LogP contribution in [0.2, 0.25) is 0 Å². The van der Waals surface area contributed by atoms with Gasteiger partial charge in [-0.05, 0) is 160 Å². The van der Waals surface area contributed by atoms with Crippen molar-refractivity contribution in [2.24, 2.45) is 35.5 Å². The van der Waals surface area contributed by atoms with E-state index < -0.39 is 0 Å². The molecule has 13 rings (SSSR count). The standard InChI is InChI=1S/C48H47NO2/c1-20-8-9-25-26(10-20)30-13-29(25)33-16-38-36(17-34(30)33)40-19-42(38)47-45(40)43(11-21(2)50)44-39-18-41(46(44)48(47)49-22(3)51)37-15-32-28-12-27(31(32)14-35(37)39)23-6-4-5-7-24(23)28/h4-7,10,14-17,20,25,27-30,39-45,47H,8-9,11-13,18-19H2,1-3H3,(H,49,51)/t20-,25?,27?,28?,29?,30?,39?,40?,41?,42?,43?,44?,45?,47?/m1/s1. The molecule has 3 fully saturated rings. The zero-order valence-electron chi connectivity index (χ0n) is 30.0. The highest BCUT2D eigenvalue weighted by molar-refractivity contribution is 5.78. The number of amides is 1. The first-order valence-corrected chi connectivity index (χ1v) is 20.5. The maximum absolute atomic E-state index is 13.3. The summed E-state index contributed by atoms with van der Waals surface area (Å²) in [6.07, 6.45) is 10.9. The zero-order chi connectivity index (χ0) is 33.8. The Morgan fingerprint density at radius 2 is 1.24 bits per heavy atom. The van der Waals surface area contributed by atoms with Crippen LogP contribution in [0.3, 0.4) is 0 Å². The average Bonchev–Trinajstić information content (AvgIpc) is 3.98. The lowest BCUT2D eigenvalue weighted by atomic mass is 9.55. The van der Waals surface area contributed by atoms with E-state index >= 15 is 0 Å². The monoisotopic (exact) mass is 669 g/mol. The molecule has 3 heteroatoms. The highest BCUT2D eigenvalue weighted by atomic mass is 16.1. The van der Waals surface area contributed by atoms with Crippen molar-refractivity contribution in [1.82, 2.24) is 5.32 Å². The van der Waals surface area contributed by atoms with Gasteiger partial charge in [-0.1, -0.05) is 67.1 Å². The number of ketones is 1. The minimum atomic E-state index is 0.0750. The van der Waals surface area contributed by atoms with Gasteiger partial charge in [0.1, 0.15) is 5.78 Å². The summed E-state index contributed by atoms with van der Waals surface area (Å²) in [5.74, 6) is 7.41. The van der Waals surface area contributed by atoms with Gasteiger partial charge in [-0.15, -0.1) is 0 Å². The van der Waals surface area contributed by atoms with Crippen molar-refractivity contribution in [2.45, 2.75) is 113 Å². The zero-order valence-corrected chi connectivity index (χ0v) is 30.0. The molecule has 13 unspecified atom stereocenters. The van der Waals surface area contributed by atoms with E-state index in [0.29, 0.717) is 89.1 Å². The lowest BCUT2D eigenvalue weighted by molar-refractivity contribution is -0.120. The quantitative estimate of drug-likeness (QED) is 0.282. The Kier molecular flexibility index (Phi) is 5.33. The molecule has 3 saturated carbocycles. The summed E-state index contributed by atoms with van der Waals surface area (Å²) in [6, 6.07) is 19.8. The third kappa shape index (κ3) is 3.36. The molecule has 0 spiro atoms. The molecule has 0 saturated heterocycles. The maximum Gasteiger partial charge on any atom is 0.221 e. The summed E-state index contributed by atoms with van der Waals surface area (Å²) >= 11 is 0. The summed E-state index contributed by atoms with van der Waals surface area (Å²) in [4.78, 5) is 26.5. The molecule has 51 heavy (non-hydrogen) atoms. The number of fused-ring (bicyclic) bond motifs is 32. The molecule has 1 N–H and O–H groups in total. The second kappa shape index (κ2) is 9.44. The van der Waals surface area contributed by atoms with E-state index in [1.165, 1.54) is 43.4 Å². The third-order valence-corrected chi connectivity index (χ3v) is 17.0. The van der Waals surface area contributed by atoms with Gasteiger partial charge in [0, 0.05) is 48.6 Å². The van der Waals surface area contributed by atoms with Crippen LogP contribution in [0.15, 0.2) is 71.5 Å². The lowest BCUT2D eigenvalue weighted by Crippen LogP contribution is -2.45. The number of hydrogen-bond acceptors (Lipinski definition) is 2. The number of Topliss-reactive ketones (excluding diaryl/α,β-unsaturated/α-hetero) is 1. The first-order chi connectivity index (χ1) is 24.8. The Balaban J connectivity index is 0.964. The molecule has 1 amide bonds. The number of allylic oxidation sites excluding steroid dienone is 4. The van der Waals surface area contributed by atoms with Gasteiger partial charge in [0.05, 0.1) is 0 Å². The van der Waals surface area contributed by atoms with E-state index in [9.17, 15) is 9.59 Å². The number of nitrogens with one attached hydrogen (secondary N) is 1. The van der Waals surface area contributed by atoms with E-state index in [4.69, 9.17) is 0 Å². The molecule has 0 radical (unpaired) electrons. The number of hydrogen-bond donors (Lipinski definition) is 1. The fourth-order valence-corrected chi connectivity index (χ4v) is 15.8. The summed E-state index contributed by atoms with van der Waals surface area (Å²) in [5.41, 5.74) is 20.5. The first kappa shape index (κ1) is 28.8. The van der Waals surface area contributed by atoms with Crippen molar-refractivity contribution in [2.75, 3.05) is 0 Å². The van der Waals surface area contributed by atoms with Crippen LogP contribution >= 0.6 is 0 Å². The van der Waals surface area contributed by atoms with Gasteiger partial charge < -0.3 is 10.1 Å². The van der Waals surface area contributed by atoms with E-state index in [2.05, 4.69) is 66.8 Å². The van der Waals surface area contributed by atoms with Crippen molar-refractivity contribution in [3.05, 3.63) is 127 Å². The predicted molar refractivity (Wildman–Crippen MR) is 198 cm³/mol. The van der Waals surface area contributed by atoms with Crippen LogP contribution in [0, 0.1) is 35.5 Å². The van der Waals surface area contributed by atoms with Gasteiger partial charge in [0.25, 0.3) is 0 Å². The second-order valence-electron chi connectivity index (χ2n) is 19.0. The molecule has 256 valence electrons. The van der Waals surface area contributed by atoms with Gasteiger partial charge in [-0.2, -0.15) is 0 Å². The Hall–Kier alpha value is -3.72. The molecule has 0 aliphatic heterocycles. The summed E-state index contributed by atoms with van der Waals surface area (Å²) in [5, 5.41) is 3.59. The first-order valence-electron chi connectivity index (χ1n) is 20.5. The second-order valence-corrected chi connectivity index (χ2v) is 19.0. The van der Waals surface area contributed by atoms with Crippen LogP contribution in [0.5, 0.6) is 0 Å². The van der Waals surface area contributed by atoms with E-state index in [-0.39, 0.29) is 5.91 Å². The van der Waals surface area contributed by atoms with E-state index in [1.54, 1.807) is 68.1 Å². The van der Waals surface area contributed by atoms with Gasteiger partial charge in [-0.3, -0.25) is 4.79 Å². The molecular formula is C48H47NO2. The predicted octanol–water partition coefficient (Wildman–Crippen LogP) is 9.94. The Bertz CT molecular complexity index is 2250. The van der Waals surface area contributed by atoms with E-state index in [1.807, 2.05) is 6.92 Å². The molecule has 14 atom stereocenters. The molecule has 10 aliphatic rings. The van der Waals surface area contributed by atoms with Crippen molar-refractivity contribution >= 4 is 11.7 Å². The highest BCUT2D eigenvalue weighted by Gasteiger charge is 2.65. The molecule has 8 bridgehead atoms. The summed E-state index contributed by atoms with van der Waals surface area (Å²) in [7, 11) is 0. The van der Waals surface area contributed by atoms with Gasteiger partial charge in [0.15, 0.2) is 0 Å². The molecule has 0 aromatic heterocycles. The van der Waals surface area contributed by atoms with Crippen molar-refractivity contribution < 1.29 is 9.59 Å². The minimum absolute atomic E-state index is 0.0750. The normalized spacial score (nSPS) is 41.0. The fourth-order valence-electron chi connectivity index (χ4n) is 15.8. The fraction of sp³-hybridized carbons (Fsp3) is 0.500. The summed E-state index contributed by atoms with van der Waals surface area (Å²) in [6.45, 7) is 5.97. The average molecular weight is 670 g/mol. The molecule has 3 aromatic carbocycles. The largest absolute Gasteiger partial charge is 0.330 e. The smallest absolute Gasteiger partial charge is 0.221 e. The highest BCUT2D eigenvalue weighted by Crippen LogP contribution is 2.75. The van der Waals surface area contributed by atoms with Crippen molar-refractivity contribution in [1.29, 1.82) is 0 Å². The van der Waals surface area contributed by atoms with E-state index in [0.717, 1.165) is 12.3 Å². The number of carbonyl (C=O) groups excluding carboxylic acids is 2. The van der Waals surface area contributed by atoms with Gasteiger partial charge in [0.2, 0.25) is 5.91 Å². The summed E-state index contributed by atoms with van der Waals surface area (Å²) < 4.78 is 0. The van der Waals surface area contributed by atoms with Crippen molar-refractivity contribution in [3.63, 3.8) is 0 Å². The Labute approximate surface area is 301 Å². The van der Waals surface area contributed by atoms with Crippen LogP contribution in [0.4, 0.5) is 0 Å². The SMILES string of the molecule is CC(=O)CC1C2C(=C(NC(C)=O)C3C4CC(c5cc6c(cc54)C4CC6C5=C[C@H](C)CCC54)C13)C1CC2c2cc3c(cc21)C1CC3c2ccccc21. The number of benzene rings is 3. The maximum atomic E-state index is 13.3. The molecular weight excluding hydrogens is 623 g/mol. The van der Waals surface area contributed by atoms with Crippen LogP contribution in [0.1, 0.15) is 169 Å². The molecule has 3 nitrogen and oxygen atoms in total. The van der Waals surface area contributed by atoms with Gasteiger partial charge >= 0.3 is 0 Å². The van der Waals surface area contributed by atoms with Crippen LogP contribution < -0.4 is 5.32 Å². The number of rotatable bonds is 3. The van der Waals surface area contributed by atoms with Gasteiger partial charge in [-0.25, -0.2) is 0 Å². The van der Waals surface area contributed by atoms with Crippen LogP contribution in [-0.4, -0.2) is 11.7 Å². The molecule has 10 aliphatic carbocycles. The number of carbonyl (C=O) groups is 2. The Morgan fingerprint density at radius 1 is 0.627 bits per heavy atom. The minimum Gasteiger partial charge on any atom is -0.330 e. The Morgan fingerprint density at radius 3 is 1.98 bits per heavy atom. The molecule has 3 aromatic rings.